The van der Waals surface area contributed by atoms with Gasteiger partial charge in [-0.2, -0.15) is 0 Å². The number of hydrogen-bond donors (Lipinski definition) is 1. The first-order chi connectivity index (χ1) is 16.4. The minimum atomic E-state index is -0.236. The Bertz CT molecular complexity index is 1100. The summed E-state index contributed by atoms with van der Waals surface area (Å²) < 4.78 is 5.33. The first kappa shape index (κ1) is 25.5. The highest BCUT2D eigenvalue weighted by atomic mass is 32.1. The number of carbonyl (C=O) groups is 3. The highest BCUT2D eigenvalue weighted by Crippen LogP contribution is 2.29. The molecule has 5 nitrogen and oxygen atoms in total. The number of thiocarbonyl (C=S) groups is 1. The van der Waals surface area contributed by atoms with Crippen LogP contribution in [-0.4, -0.2) is 22.5 Å². The third-order valence-corrected chi connectivity index (χ3v) is 6.40. The molecule has 0 aliphatic heterocycles. The number of hydrogen-bond acceptors (Lipinski definition) is 5. The Morgan fingerprint density at radius 1 is 0.824 bits per heavy atom. The third-order valence-electron chi connectivity index (χ3n) is 6.16. The van der Waals surface area contributed by atoms with E-state index in [2.05, 4.69) is 0 Å². The second kappa shape index (κ2) is 12.4. The smallest absolute Gasteiger partial charge is 0.311 e. The molecule has 0 bridgehead atoms. The Morgan fingerprint density at radius 2 is 1.38 bits per heavy atom. The lowest BCUT2D eigenvalue weighted by molar-refractivity contribution is -0.134. The molecule has 0 unspecified atom stereocenters. The number of nitrogens with two attached hydrogens (primary N) is 1. The van der Waals surface area contributed by atoms with Crippen molar-refractivity contribution in [2.45, 2.75) is 64.7 Å². The number of unbranched alkanes of at least 4 members (excludes halogenated alkanes) is 6. The summed E-state index contributed by atoms with van der Waals surface area (Å²) in [6, 6.07) is 13.9. The number of ether oxygens (including phenoxy) is 1. The molecule has 0 saturated heterocycles. The van der Waals surface area contributed by atoms with Crippen molar-refractivity contribution in [2.75, 3.05) is 0 Å². The van der Waals surface area contributed by atoms with Crippen molar-refractivity contribution in [3.63, 3.8) is 0 Å². The second-order valence-corrected chi connectivity index (χ2v) is 9.08. The summed E-state index contributed by atoms with van der Waals surface area (Å²) in [4.78, 5) is 37.6. The van der Waals surface area contributed by atoms with Crippen LogP contribution in [0, 0.1) is 0 Å². The van der Waals surface area contributed by atoms with Gasteiger partial charge in [0.15, 0.2) is 11.6 Å². The zero-order valence-corrected chi connectivity index (χ0v) is 20.4. The highest BCUT2D eigenvalue weighted by molar-refractivity contribution is 7.80. The van der Waals surface area contributed by atoms with E-state index in [-0.39, 0.29) is 17.5 Å². The largest absolute Gasteiger partial charge is 0.427 e. The summed E-state index contributed by atoms with van der Waals surface area (Å²) >= 11 is 4.91. The summed E-state index contributed by atoms with van der Waals surface area (Å²) in [6.07, 6.45) is 7.95. The Hall–Kier alpha value is -3.12. The number of esters is 1. The number of fused-ring (bicyclic) bond motifs is 1. The lowest BCUT2D eigenvalue weighted by atomic mass is 9.82. The predicted octanol–water partition coefficient (Wildman–Crippen LogP) is 6.13. The molecule has 2 aromatic rings. The summed E-state index contributed by atoms with van der Waals surface area (Å²) in [5.74, 6) is 0.232. The van der Waals surface area contributed by atoms with E-state index in [4.69, 9.17) is 22.7 Å². The maximum absolute atomic E-state index is 12.8. The standard InChI is InChI=1S/C28H31NO4S/c1-19-22(27(32)24-13-10-9-12-23(24)26(19)31)11-7-5-3-2-4-6-8-14-25(30)33-21-17-15-20(16-18-21)28(29)34/h9-10,12-13,15-18H,2-8,11,14H2,1H3,(H2,29,34). The average molecular weight is 478 g/mol. The van der Waals surface area contributed by atoms with Gasteiger partial charge in [-0.3, -0.25) is 14.4 Å². The van der Waals surface area contributed by atoms with E-state index in [0.717, 1.165) is 50.5 Å². The summed E-state index contributed by atoms with van der Waals surface area (Å²) in [5, 5.41) is 0. The van der Waals surface area contributed by atoms with Crippen LogP contribution >= 0.6 is 12.2 Å². The van der Waals surface area contributed by atoms with E-state index in [1.165, 1.54) is 0 Å². The molecule has 1 aliphatic carbocycles. The summed E-state index contributed by atoms with van der Waals surface area (Å²) in [6.45, 7) is 1.76. The molecular weight excluding hydrogens is 446 g/mol. The van der Waals surface area contributed by atoms with Gasteiger partial charge in [0.1, 0.15) is 10.7 Å². The van der Waals surface area contributed by atoms with Crippen LogP contribution in [0.2, 0.25) is 0 Å². The molecule has 1 aliphatic rings. The van der Waals surface area contributed by atoms with Gasteiger partial charge in [-0.15, -0.1) is 0 Å². The number of carbonyl (C=O) groups excluding carboxylic acids is 3. The first-order valence-corrected chi connectivity index (χ1v) is 12.3. The fraction of sp³-hybridized carbons (Fsp3) is 0.357. The van der Waals surface area contributed by atoms with Gasteiger partial charge in [0.05, 0.1) is 0 Å². The summed E-state index contributed by atoms with van der Waals surface area (Å²) in [7, 11) is 0. The van der Waals surface area contributed by atoms with Crippen LogP contribution in [0.15, 0.2) is 59.7 Å². The number of allylic oxidation sites excluding steroid dienone is 2. The number of rotatable bonds is 12. The van der Waals surface area contributed by atoms with Crippen molar-refractivity contribution >= 4 is 34.7 Å². The molecule has 178 valence electrons. The van der Waals surface area contributed by atoms with Gasteiger partial charge in [0.2, 0.25) is 0 Å². The first-order valence-electron chi connectivity index (χ1n) is 11.9. The Kier molecular flexibility index (Phi) is 9.28. The quantitative estimate of drug-likeness (QED) is 0.171. The molecule has 0 radical (unpaired) electrons. The highest BCUT2D eigenvalue weighted by Gasteiger charge is 2.28. The average Bonchev–Trinajstić information content (AvgIpc) is 2.83. The fourth-order valence-electron chi connectivity index (χ4n) is 4.18. The van der Waals surface area contributed by atoms with Crippen LogP contribution in [0.3, 0.4) is 0 Å². The maximum Gasteiger partial charge on any atom is 0.311 e. The second-order valence-electron chi connectivity index (χ2n) is 8.64. The minimum absolute atomic E-state index is 0.00151. The van der Waals surface area contributed by atoms with Crippen LogP contribution in [0.5, 0.6) is 5.75 Å². The van der Waals surface area contributed by atoms with Gasteiger partial charge in [0, 0.05) is 34.3 Å². The molecule has 0 aromatic heterocycles. The van der Waals surface area contributed by atoms with Gasteiger partial charge < -0.3 is 10.5 Å². The molecule has 3 rings (SSSR count). The van der Waals surface area contributed by atoms with Crippen molar-refractivity contribution in [1.29, 1.82) is 0 Å². The van der Waals surface area contributed by atoms with Crippen molar-refractivity contribution < 1.29 is 19.1 Å². The lowest BCUT2D eigenvalue weighted by Gasteiger charge is -2.18. The van der Waals surface area contributed by atoms with Crippen LogP contribution in [-0.2, 0) is 4.79 Å². The van der Waals surface area contributed by atoms with E-state index in [1.54, 1.807) is 55.5 Å². The van der Waals surface area contributed by atoms with E-state index >= 15 is 0 Å². The molecule has 2 aromatic carbocycles. The Morgan fingerprint density at radius 3 is 2.00 bits per heavy atom. The van der Waals surface area contributed by atoms with Crippen LogP contribution in [0.1, 0.15) is 91.0 Å². The fourth-order valence-corrected chi connectivity index (χ4v) is 4.31. The molecule has 0 atom stereocenters. The molecule has 0 spiro atoms. The Labute approximate surface area is 206 Å². The van der Waals surface area contributed by atoms with Crippen molar-refractivity contribution in [3.8, 4) is 5.75 Å². The Balaban J connectivity index is 1.27. The molecule has 0 amide bonds. The van der Waals surface area contributed by atoms with E-state index in [1.807, 2.05) is 0 Å². The van der Waals surface area contributed by atoms with E-state index in [0.29, 0.717) is 45.9 Å². The monoisotopic (exact) mass is 477 g/mol. The zero-order chi connectivity index (χ0) is 24.5. The van der Waals surface area contributed by atoms with Gasteiger partial charge >= 0.3 is 5.97 Å². The number of Topliss-reactive ketones (excluding diaryl/α,β-unsaturated/α-hetero) is 2. The lowest BCUT2D eigenvalue weighted by Crippen LogP contribution is -2.20. The van der Waals surface area contributed by atoms with E-state index in [9.17, 15) is 14.4 Å². The predicted molar refractivity (Wildman–Crippen MR) is 137 cm³/mol. The van der Waals surface area contributed by atoms with Gasteiger partial charge in [-0.1, -0.05) is 68.6 Å². The molecule has 0 heterocycles. The maximum atomic E-state index is 12.8. The normalized spacial score (nSPS) is 13.1. The van der Waals surface area contributed by atoms with Crippen LogP contribution < -0.4 is 10.5 Å². The SMILES string of the molecule is CC1=C(CCCCCCCCCC(=O)Oc2ccc(C(N)=S)cc2)C(=O)c2ccccc2C1=O. The van der Waals surface area contributed by atoms with Crippen molar-refractivity contribution in [1.82, 2.24) is 0 Å². The van der Waals surface area contributed by atoms with Gasteiger partial charge in [-0.25, -0.2) is 0 Å². The zero-order valence-electron chi connectivity index (χ0n) is 19.6. The minimum Gasteiger partial charge on any atom is -0.427 e. The molecule has 0 saturated carbocycles. The molecule has 34 heavy (non-hydrogen) atoms. The number of ketones is 2. The van der Waals surface area contributed by atoms with Gasteiger partial charge in [0.25, 0.3) is 0 Å². The van der Waals surface area contributed by atoms with Crippen LogP contribution in [0.4, 0.5) is 0 Å². The molecule has 6 heteroatoms. The van der Waals surface area contributed by atoms with Crippen LogP contribution in [0.25, 0.3) is 0 Å². The van der Waals surface area contributed by atoms with Gasteiger partial charge in [-0.05, 0) is 50.5 Å². The van der Waals surface area contributed by atoms with Crippen molar-refractivity contribution in [2.24, 2.45) is 5.73 Å². The summed E-state index contributed by atoms with van der Waals surface area (Å²) in [5.41, 5.74) is 8.61. The van der Waals surface area contributed by atoms with Crippen molar-refractivity contribution in [3.05, 3.63) is 76.4 Å². The van der Waals surface area contributed by atoms with E-state index < -0.39 is 0 Å². The molecule has 2 N–H and O–H groups in total. The molecule has 0 fully saturated rings. The number of benzene rings is 2. The topological polar surface area (TPSA) is 86.5 Å². The molecular formula is C28H31NO4S. The third kappa shape index (κ3) is 6.70.